The van der Waals surface area contributed by atoms with Gasteiger partial charge in [-0.05, 0) is 18.4 Å². The summed E-state index contributed by atoms with van der Waals surface area (Å²) in [7, 11) is 0. The van der Waals surface area contributed by atoms with Crippen LogP contribution in [0.25, 0.3) is 0 Å². The molecule has 0 saturated carbocycles. The molecule has 0 atom stereocenters. The Morgan fingerprint density at radius 2 is 1.93 bits per heavy atom. The first-order valence-corrected chi connectivity index (χ1v) is 5.82. The highest BCUT2D eigenvalue weighted by Crippen LogP contribution is 1.98. The van der Waals surface area contributed by atoms with Gasteiger partial charge in [0.15, 0.2) is 0 Å². The van der Waals surface area contributed by atoms with Gasteiger partial charge >= 0.3 is 0 Å². The van der Waals surface area contributed by atoms with Crippen LogP contribution in [0.15, 0.2) is 30.3 Å². The molecule has 0 aliphatic rings. The van der Waals surface area contributed by atoms with E-state index >= 15 is 0 Å². The number of rotatable bonds is 8. The van der Waals surface area contributed by atoms with Crippen molar-refractivity contribution < 1.29 is 4.84 Å². The van der Waals surface area contributed by atoms with Gasteiger partial charge in [0.05, 0.1) is 6.61 Å². The van der Waals surface area contributed by atoms with E-state index in [0.29, 0.717) is 0 Å². The Kier molecular flexibility index (Phi) is 6.88. The van der Waals surface area contributed by atoms with E-state index in [9.17, 15) is 0 Å². The molecule has 0 saturated heterocycles. The molecule has 15 heavy (non-hydrogen) atoms. The van der Waals surface area contributed by atoms with Gasteiger partial charge in [0.1, 0.15) is 0 Å². The molecule has 0 aromatic heterocycles. The third-order valence-corrected chi connectivity index (χ3v) is 2.31. The number of hydrogen-bond acceptors (Lipinski definition) is 2. The maximum atomic E-state index is 5.31. The molecule has 0 radical (unpaired) electrons. The molecule has 0 bridgehead atoms. The lowest BCUT2D eigenvalue weighted by atomic mass is 10.2. The lowest BCUT2D eigenvalue weighted by molar-refractivity contribution is 0.0395. The predicted octanol–water partition coefficient (Wildman–Crippen LogP) is 2.94. The van der Waals surface area contributed by atoms with Crippen LogP contribution in [0.4, 0.5) is 0 Å². The molecule has 1 aromatic carbocycles. The van der Waals surface area contributed by atoms with Crippen molar-refractivity contribution in [3.63, 3.8) is 0 Å². The van der Waals surface area contributed by atoms with Gasteiger partial charge in [-0.3, -0.25) is 0 Å². The molecule has 0 spiro atoms. The SMILES string of the molecule is CCCCCONCCc1ccccc1. The number of hydroxylamine groups is 1. The van der Waals surface area contributed by atoms with Crippen molar-refractivity contribution in [3.8, 4) is 0 Å². The van der Waals surface area contributed by atoms with Gasteiger partial charge in [-0.2, -0.15) is 0 Å². The van der Waals surface area contributed by atoms with Crippen molar-refractivity contribution in [2.75, 3.05) is 13.2 Å². The molecule has 0 fully saturated rings. The van der Waals surface area contributed by atoms with Crippen molar-refractivity contribution in [1.29, 1.82) is 0 Å². The van der Waals surface area contributed by atoms with Crippen LogP contribution < -0.4 is 5.48 Å². The van der Waals surface area contributed by atoms with Crippen LogP contribution in [0.1, 0.15) is 31.7 Å². The summed E-state index contributed by atoms with van der Waals surface area (Å²) in [6, 6.07) is 10.4. The zero-order valence-electron chi connectivity index (χ0n) is 9.54. The molecule has 1 N–H and O–H groups in total. The maximum Gasteiger partial charge on any atom is 0.0682 e. The van der Waals surface area contributed by atoms with Crippen LogP contribution in [0.2, 0.25) is 0 Å². The minimum absolute atomic E-state index is 0.822. The first kappa shape index (κ1) is 12.2. The van der Waals surface area contributed by atoms with Crippen LogP contribution >= 0.6 is 0 Å². The van der Waals surface area contributed by atoms with Crippen LogP contribution in [0.3, 0.4) is 0 Å². The van der Waals surface area contributed by atoms with E-state index in [0.717, 1.165) is 26.0 Å². The largest absolute Gasteiger partial charge is 0.302 e. The number of unbranched alkanes of at least 4 members (excludes halogenated alkanes) is 2. The summed E-state index contributed by atoms with van der Waals surface area (Å²) >= 11 is 0. The van der Waals surface area contributed by atoms with Gasteiger partial charge in [0.25, 0.3) is 0 Å². The molecule has 2 nitrogen and oxygen atoms in total. The van der Waals surface area contributed by atoms with Gasteiger partial charge in [-0.25, -0.2) is 5.48 Å². The van der Waals surface area contributed by atoms with Crippen LogP contribution in [0, 0.1) is 0 Å². The van der Waals surface area contributed by atoms with Gasteiger partial charge < -0.3 is 4.84 Å². The highest BCUT2D eigenvalue weighted by Gasteiger charge is 1.91. The van der Waals surface area contributed by atoms with Crippen molar-refractivity contribution in [2.45, 2.75) is 32.6 Å². The summed E-state index contributed by atoms with van der Waals surface area (Å²) in [6.45, 7) is 3.90. The number of hydrogen-bond donors (Lipinski definition) is 1. The Hall–Kier alpha value is -0.860. The molecule has 1 rings (SSSR count). The quantitative estimate of drug-likeness (QED) is 0.523. The fourth-order valence-corrected chi connectivity index (χ4v) is 1.41. The smallest absolute Gasteiger partial charge is 0.0682 e. The molecule has 0 aliphatic carbocycles. The maximum absolute atomic E-state index is 5.31. The zero-order valence-corrected chi connectivity index (χ0v) is 9.54. The average molecular weight is 207 g/mol. The standard InChI is InChI=1S/C13H21NO/c1-2-3-7-12-15-14-11-10-13-8-5-4-6-9-13/h4-6,8-9,14H,2-3,7,10-12H2,1H3. The van der Waals surface area contributed by atoms with E-state index in [1.54, 1.807) is 0 Å². The van der Waals surface area contributed by atoms with Crippen molar-refractivity contribution in [1.82, 2.24) is 5.48 Å². The Morgan fingerprint density at radius 3 is 2.67 bits per heavy atom. The predicted molar refractivity (Wildman–Crippen MR) is 63.6 cm³/mol. The second-order valence-electron chi connectivity index (χ2n) is 3.69. The van der Waals surface area contributed by atoms with E-state index in [1.807, 2.05) is 6.07 Å². The van der Waals surface area contributed by atoms with Crippen molar-refractivity contribution in [2.24, 2.45) is 0 Å². The van der Waals surface area contributed by atoms with E-state index < -0.39 is 0 Å². The summed E-state index contributed by atoms with van der Waals surface area (Å²) in [5, 5.41) is 0. The third-order valence-electron chi connectivity index (χ3n) is 2.31. The Labute approximate surface area is 92.6 Å². The monoisotopic (exact) mass is 207 g/mol. The van der Waals surface area contributed by atoms with Crippen LogP contribution in [-0.4, -0.2) is 13.2 Å². The minimum atomic E-state index is 0.822. The summed E-state index contributed by atoms with van der Waals surface area (Å²) < 4.78 is 0. The summed E-state index contributed by atoms with van der Waals surface area (Å²) in [6.07, 6.45) is 4.66. The first-order valence-electron chi connectivity index (χ1n) is 5.82. The molecule has 84 valence electrons. The lowest BCUT2D eigenvalue weighted by Crippen LogP contribution is -2.18. The van der Waals surface area contributed by atoms with E-state index in [4.69, 9.17) is 4.84 Å². The summed E-state index contributed by atoms with van der Waals surface area (Å²) in [5.74, 6) is 0. The Balaban J connectivity index is 1.93. The fourth-order valence-electron chi connectivity index (χ4n) is 1.41. The molecule has 1 aromatic rings. The highest BCUT2D eigenvalue weighted by atomic mass is 16.6. The van der Waals surface area contributed by atoms with E-state index in [-0.39, 0.29) is 0 Å². The zero-order chi connectivity index (χ0) is 10.8. The minimum Gasteiger partial charge on any atom is -0.302 e. The first-order chi connectivity index (χ1) is 7.43. The third kappa shape index (κ3) is 6.26. The molecule has 0 heterocycles. The average Bonchev–Trinajstić information content (AvgIpc) is 2.29. The highest BCUT2D eigenvalue weighted by molar-refractivity contribution is 5.14. The van der Waals surface area contributed by atoms with Gasteiger partial charge in [0, 0.05) is 6.54 Å². The van der Waals surface area contributed by atoms with Gasteiger partial charge in [-0.1, -0.05) is 50.1 Å². The second-order valence-corrected chi connectivity index (χ2v) is 3.69. The normalized spacial score (nSPS) is 10.5. The molecule has 0 unspecified atom stereocenters. The van der Waals surface area contributed by atoms with Crippen molar-refractivity contribution >= 4 is 0 Å². The second kappa shape index (κ2) is 8.45. The molecule has 2 heteroatoms. The van der Waals surface area contributed by atoms with E-state index in [2.05, 4.69) is 36.7 Å². The lowest BCUT2D eigenvalue weighted by Gasteiger charge is -2.05. The molecular weight excluding hydrogens is 186 g/mol. The molecule has 0 aliphatic heterocycles. The topological polar surface area (TPSA) is 21.3 Å². The van der Waals surface area contributed by atoms with Crippen LogP contribution in [-0.2, 0) is 11.3 Å². The van der Waals surface area contributed by atoms with Crippen molar-refractivity contribution in [3.05, 3.63) is 35.9 Å². The van der Waals surface area contributed by atoms with Gasteiger partial charge in [-0.15, -0.1) is 0 Å². The van der Waals surface area contributed by atoms with E-state index in [1.165, 1.54) is 18.4 Å². The molecule has 0 amide bonds. The van der Waals surface area contributed by atoms with Crippen LogP contribution in [0.5, 0.6) is 0 Å². The summed E-state index contributed by atoms with van der Waals surface area (Å²) in [4.78, 5) is 5.31. The Bertz CT molecular complexity index is 236. The number of benzene rings is 1. The molecular formula is C13H21NO. The fraction of sp³-hybridized carbons (Fsp3) is 0.538. The van der Waals surface area contributed by atoms with Gasteiger partial charge in [0.2, 0.25) is 0 Å². The number of nitrogens with one attached hydrogen (secondary N) is 1. The Morgan fingerprint density at radius 1 is 1.13 bits per heavy atom. The summed E-state index contributed by atoms with van der Waals surface area (Å²) in [5.41, 5.74) is 4.34.